The molecule has 114 valence electrons. The minimum atomic E-state index is 0.0159. The average molecular weight is 290 g/mol. The smallest absolute Gasteiger partial charge is 0.224 e. The van der Waals surface area contributed by atoms with Gasteiger partial charge in [0.2, 0.25) is 11.8 Å². The van der Waals surface area contributed by atoms with Crippen LogP contribution in [0.3, 0.4) is 0 Å². The molecule has 0 saturated carbocycles. The fraction of sp³-hybridized carbons (Fsp3) is 0.533. The number of amides is 2. The lowest BCUT2D eigenvalue weighted by molar-refractivity contribution is -0.129. The molecule has 0 radical (unpaired) electrons. The number of hydrogen-bond acceptors (Lipinski definition) is 4. The second-order valence-electron chi connectivity index (χ2n) is 5.20. The number of anilines is 2. The molecular weight excluding hydrogens is 268 g/mol. The zero-order valence-corrected chi connectivity index (χ0v) is 12.6. The van der Waals surface area contributed by atoms with Gasteiger partial charge in [-0.2, -0.15) is 0 Å². The number of piperazine rings is 1. The predicted octanol–water partition coefficient (Wildman–Crippen LogP) is 1.49. The summed E-state index contributed by atoms with van der Waals surface area (Å²) < 4.78 is 0. The third-order valence-electron chi connectivity index (χ3n) is 3.56. The van der Waals surface area contributed by atoms with E-state index in [2.05, 4.69) is 15.2 Å². The third-order valence-corrected chi connectivity index (χ3v) is 3.56. The number of rotatable bonds is 4. The van der Waals surface area contributed by atoms with Crippen molar-refractivity contribution in [1.29, 1.82) is 0 Å². The van der Waals surface area contributed by atoms with E-state index in [1.807, 2.05) is 24.0 Å². The zero-order chi connectivity index (χ0) is 15.2. The lowest BCUT2D eigenvalue weighted by Crippen LogP contribution is -2.48. The molecule has 6 nitrogen and oxygen atoms in total. The number of nitrogens with one attached hydrogen (secondary N) is 1. The Labute approximate surface area is 125 Å². The number of carbonyl (C=O) groups excluding carboxylic acids is 2. The number of pyridine rings is 1. The first-order valence-electron chi connectivity index (χ1n) is 7.36. The maximum atomic E-state index is 11.5. The van der Waals surface area contributed by atoms with Crippen LogP contribution in [0.15, 0.2) is 18.3 Å². The molecule has 0 aromatic carbocycles. The lowest BCUT2D eigenvalue weighted by Gasteiger charge is -2.34. The van der Waals surface area contributed by atoms with Gasteiger partial charge in [-0.15, -0.1) is 0 Å². The quantitative estimate of drug-likeness (QED) is 0.912. The Bertz CT molecular complexity index is 493. The summed E-state index contributed by atoms with van der Waals surface area (Å²) in [5.74, 6) is 1.02. The van der Waals surface area contributed by atoms with Gasteiger partial charge in [0.05, 0.1) is 11.9 Å². The molecule has 2 rings (SSSR count). The first-order valence-corrected chi connectivity index (χ1v) is 7.36. The number of nitrogens with zero attached hydrogens (tertiary/aromatic N) is 3. The molecule has 0 bridgehead atoms. The Morgan fingerprint density at radius 2 is 1.95 bits per heavy atom. The van der Waals surface area contributed by atoms with Crippen molar-refractivity contribution in [3.05, 3.63) is 18.3 Å². The summed E-state index contributed by atoms with van der Waals surface area (Å²) >= 11 is 0. The van der Waals surface area contributed by atoms with Crippen molar-refractivity contribution in [3.63, 3.8) is 0 Å². The van der Waals surface area contributed by atoms with Crippen LogP contribution in [-0.2, 0) is 9.59 Å². The standard InChI is InChI=1S/C15H22N4O2/c1-3-4-15(21)17-13-5-6-14(16-11-13)19-9-7-18(8-10-19)12(2)20/h5-6,11H,3-4,7-10H2,1-2H3,(H,17,21). The first kappa shape index (κ1) is 15.3. The molecule has 2 heterocycles. The Hall–Kier alpha value is -2.11. The average Bonchev–Trinajstić information content (AvgIpc) is 2.48. The van der Waals surface area contributed by atoms with Crippen molar-refractivity contribution >= 4 is 23.3 Å². The van der Waals surface area contributed by atoms with Crippen molar-refractivity contribution in [1.82, 2.24) is 9.88 Å². The van der Waals surface area contributed by atoms with Crippen LogP contribution in [0.1, 0.15) is 26.7 Å². The summed E-state index contributed by atoms with van der Waals surface area (Å²) in [6.45, 7) is 6.60. The van der Waals surface area contributed by atoms with Crippen LogP contribution in [0.25, 0.3) is 0 Å². The van der Waals surface area contributed by atoms with Crippen LogP contribution in [0.4, 0.5) is 11.5 Å². The van der Waals surface area contributed by atoms with Crippen LogP contribution in [0.2, 0.25) is 0 Å². The van der Waals surface area contributed by atoms with E-state index in [-0.39, 0.29) is 11.8 Å². The zero-order valence-electron chi connectivity index (χ0n) is 12.6. The van der Waals surface area contributed by atoms with Gasteiger partial charge in [0.1, 0.15) is 5.82 Å². The monoisotopic (exact) mass is 290 g/mol. The van der Waals surface area contributed by atoms with Gasteiger partial charge in [-0.3, -0.25) is 9.59 Å². The molecule has 1 aromatic heterocycles. The molecule has 21 heavy (non-hydrogen) atoms. The van der Waals surface area contributed by atoms with E-state index in [9.17, 15) is 9.59 Å². The minimum absolute atomic E-state index is 0.0159. The summed E-state index contributed by atoms with van der Waals surface area (Å²) in [4.78, 5) is 31.2. The largest absolute Gasteiger partial charge is 0.353 e. The molecule has 0 spiro atoms. The molecule has 0 aliphatic carbocycles. The van der Waals surface area contributed by atoms with Crippen molar-refractivity contribution < 1.29 is 9.59 Å². The van der Waals surface area contributed by atoms with Crippen LogP contribution in [0.5, 0.6) is 0 Å². The Kier molecular flexibility index (Phi) is 5.14. The normalized spacial score (nSPS) is 15.0. The summed E-state index contributed by atoms with van der Waals surface area (Å²) in [5, 5.41) is 2.82. The Balaban J connectivity index is 1.91. The van der Waals surface area contributed by atoms with Gasteiger partial charge in [0, 0.05) is 39.5 Å². The van der Waals surface area contributed by atoms with E-state index in [0.29, 0.717) is 6.42 Å². The van der Waals surface area contributed by atoms with Crippen LogP contribution < -0.4 is 10.2 Å². The van der Waals surface area contributed by atoms with Gasteiger partial charge in [0.25, 0.3) is 0 Å². The van der Waals surface area contributed by atoms with Crippen molar-refractivity contribution in [2.24, 2.45) is 0 Å². The van der Waals surface area contributed by atoms with Gasteiger partial charge in [-0.05, 0) is 18.6 Å². The van der Waals surface area contributed by atoms with Crippen LogP contribution in [-0.4, -0.2) is 47.9 Å². The molecular formula is C15H22N4O2. The second kappa shape index (κ2) is 7.06. The van der Waals surface area contributed by atoms with Gasteiger partial charge < -0.3 is 15.1 Å². The third kappa shape index (κ3) is 4.18. The lowest BCUT2D eigenvalue weighted by atomic mass is 10.3. The molecule has 1 aliphatic rings. The van der Waals surface area contributed by atoms with E-state index in [1.54, 1.807) is 13.1 Å². The molecule has 1 fully saturated rings. The van der Waals surface area contributed by atoms with Crippen LogP contribution in [0, 0.1) is 0 Å². The summed E-state index contributed by atoms with van der Waals surface area (Å²) in [7, 11) is 0. The summed E-state index contributed by atoms with van der Waals surface area (Å²) in [6, 6.07) is 3.78. The highest BCUT2D eigenvalue weighted by molar-refractivity contribution is 5.90. The molecule has 6 heteroatoms. The molecule has 1 N–H and O–H groups in total. The van der Waals surface area contributed by atoms with Gasteiger partial charge in [-0.1, -0.05) is 6.92 Å². The van der Waals surface area contributed by atoms with Gasteiger partial charge >= 0.3 is 0 Å². The molecule has 0 atom stereocenters. The van der Waals surface area contributed by atoms with Crippen molar-refractivity contribution in [2.45, 2.75) is 26.7 Å². The fourth-order valence-electron chi connectivity index (χ4n) is 2.35. The predicted molar refractivity (Wildman–Crippen MR) is 82.2 cm³/mol. The fourth-order valence-corrected chi connectivity index (χ4v) is 2.35. The summed E-state index contributed by atoms with van der Waals surface area (Å²) in [6.07, 6.45) is 3.03. The number of hydrogen-bond donors (Lipinski definition) is 1. The highest BCUT2D eigenvalue weighted by Gasteiger charge is 2.19. The Morgan fingerprint density at radius 3 is 2.48 bits per heavy atom. The van der Waals surface area contributed by atoms with E-state index in [1.165, 1.54) is 0 Å². The van der Waals surface area contributed by atoms with Crippen LogP contribution >= 0.6 is 0 Å². The van der Waals surface area contributed by atoms with Crippen molar-refractivity contribution in [3.8, 4) is 0 Å². The minimum Gasteiger partial charge on any atom is -0.353 e. The highest BCUT2D eigenvalue weighted by Crippen LogP contribution is 2.16. The summed E-state index contributed by atoms with van der Waals surface area (Å²) in [5.41, 5.74) is 0.722. The maximum absolute atomic E-state index is 11.5. The molecule has 2 amide bonds. The molecule has 1 aromatic rings. The topological polar surface area (TPSA) is 65.5 Å². The SMILES string of the molecule is CCCC(=O)Nc1ccc(N2CCN(C(C)=O)CC2)nc1. The molecule has 1 aliphatic heterocycles. The highest BCUT2D eigenvalue weighted by atomic mass is 16.2. The first-order chi connectivity index (χ1) is 10.1. The van der Waals surface area contributed by atoms with E-state index in [0.717, 1.165) is 44.1 Å². The van der Waals surface area contributed by atoms with E-state index in [4.69, 9.17) is 0 Å². The maximum Gasteiger partial charge on any atom is 0.224 e. The van der Waals surface area contributed by atoms with Crippen molar-refractivity contribution in [2.75, 3.05) is 36.4 Å². The second-order valence-corrected chi connectivity index (χ2v) is 5.20. The number of aromatic nitrogens is 1. The number of carbonyl (C=O) groups is 2. The molecule has 0 unspecified atom stereocenters. The molecule has 1 saturated heterocycles. The van der Waals surface area contributed by atoms with Gasteiger partial charge in [-0.25, -0.2) is 4.98 Å². The van der Waals surface area contributed by atoms with E-state index < -0.39 is 0 Å². The van der Waals surface area contributed by atoms with Gasteiger partial charge in [0.15, 0.2) is 0 Å². The van der Waals surface area contributed by atoms with E-state index >= 15 is 0 Å². The Morgan fingerprint density at radius 1 is 1.24 bits per heavy atom.